The lowest BCUT2D eigenvalue weighted by Gasteiger charge is -2.30. The van der Waals surface area contributed by atoms with E-state index >= 15 is 0 Å². The van der Waals surface area contributed by atoms with Crippen LogP contribution in [0, 0.1) is 5.82 Å². The molecule has 168 valence electrons. The molecule has 0 spiro atoms. The molecule has 2 aliphatic rings. The van der Waals surface area contributed by atoms with Crippen LogP contribution in [0.5, 0.6) is 5.75 Å². The van der Waals surface area contributed by atoms with Gasteiger partial charge >= 0.3 is 5.69 Å². The van der Waals surface area contributed by atoms with Crippen LogP contribution in [-0.4, -0.2) is 44.4 Å². The topological polar surface area (TPSA) is 59.6 Å². The number of fused-ring (bicyclic) bond motifs is 1. The summed E-state index contributed by atoms with van der Waals surface area (Å²) in [6, 6.07) is 8.00. The number of likely N-dealkylation sites (tertiary alicyclic amines) is 1. The summed E-state index contributed by atoms with van der Waals surface area (Å²) >= 11 is 12.6. The highest BCUT2D eigenvalue weighted by molar-refractivity contribution is 6.32. The second-order valence-electron chi connectivity index (χ2n) is 8.38. The molecule has 1 aromatic heterocycles. The number of aliphatic hydroxyl groups excluding tert-OH is 1. The zero-order valence-electron chi connectivity index (χ0n) is 17.3. The molecule has 2 heterocycles. The van der Waals surface area contributed by atoms with E-state index in [-0.39, 0.29) is 17.5 Å². The van der Waals surface area contributed by atoms with Crippen molar-refractivity contribution in [2.45, 2.75) is 31.1 Å². The highest BCUT2D eigenvalue weighted by atomic mass is 35.5. The summed E-state index contributed by atoms with van der Waals surface area (Å²) in [4.78, 5) is 14.5. The van der Waals surface area contributed by atoms with Crippen LogP contribution in [0.3, 0.4) is 0 Å². The molecule has 5 rings (SSSR count). The Morgan fingerprint density at radius 2 is 2.00 bits per heavy atom. The maximum atomic E-state index is 14.7. The fraction of sp³-hybridized carbons (Fsp3) is 0.348. The van der Waals surface area contributed by atoms with Gasteiger partial charge in [-0.05, 0) is 42.7 Å². The normalized spacial score (nSPS) is 23.0. The average molecular weight is 478 g/mol. The zero-order chi connectivity index (χ0) is 22.6. The summed E-state index contributed by atoms with van der Waals surface area (Å²) in [6.07, 6.45) is 3.52. The Kier molecular flexibility index (Phi) is 5.53. The number of hydrogen-bond donors (Lipinski definition) is 1. The minimum atomic E-state index is -0.524. The van der Waals surface area contributed by atoms with Crippen molar-refractivity contribution in [1.29, 1.82) is 0 Å². The molecule has 1 aliphatic carbocycles. The molecule has 3 atom stereocenters. The van der Waals surface area contributed by atoms with Gasteiger partial charge in [-0.15, -0.1) is 0 Å². The van der Waals surface area contributed by atoms with Gasteiger partial charge in [0.05, 0.1) is 22.9 Å². The van der Waals surface area contributed by atoms with Crippen molar-refractivity contribution in [3.63, 3.8) is 0 Å². The number of benzene rings is 2. The number of rotatable bonds is 4. The molecule has 0 saturated carbocycles. The minimum absolute atomic E-state index is 0.172. The number of nitrogens with zero attached hydrogens (tertiary/aromatic N) is 3. The van der Waals surface area contributed by atoms with E-state index in [1.807, 2.05) is 0 Å². The predicted octanol–water partition coefficient (Wildman–Crippen LogP) is 3.73. The van der Waals surface area contributed by atoms with E-state index in [2.05, 4.69) is 4.90 Å². The number of β-amino-alcohol motifs (C(OH)–C–C–N with tert-alkyl or cyclic N) is 1. The fourth-order valence-electron chi connectivity index (χ4n) is 4.68. The van der Waals surface area contributed by atoms with Gasteiger partial charge in [0, 0.05) is 49.2 Å². The van der Waals surface area contributed by atoms with E-state index in [1.54, 1.807) is 43.7 Å². The Balaban J connectivity index is 1.54. The first-order valence-corrected chi connectivity index (χ1v) is 11.2. The number of aliphatic hydroxyl groups is 1. The second-order valence-corrected chi connectivity index (χ2v) is 9.22. The predicted molar refractivity (Wildman–Crippen MR) is 120 cm³/mol. The van der Waals surface area contributed by atoms with E-state index < -0.39 is 12.2 Å². The van der Waals surface area contributed by atoms with Crippen LogP contribution in [0.25, 0.3) is 5.69 Å². The van der Waals surface area contributed by atoms with Gasteiger partial charge in [-0.2, -0.15) is 0 Å². The molecule has 3 aromatic rings. The van der Waals surface area contributed by atoms with Crippen molar-refractivity contribution in [1.82, 2.24) is 14.0 Å². The molecule has 0 radical (unpaired) electrons. The Bertz CT molecular complexity index is 1240. The molecule has 32 heavy (non-hydrogen) atoms. The summed E-state index contributed by atoms with van der Waals surface area (Å²) < 4.78 is 24.1. The van der Waals surface area contributed by atoms with Crippen molar-refractivity contribution >= 4 is 23.2 Å². The van der Waals surface area contributed by atoms with Crippen molar-refractivity contribution < 1.29 is 14.2 Å². The Hall–Kier alpha value is -2.32. The lowest BCUT2D eigenvalue weighted by Crippen LogP contribution is -2.39. The zero-order valence-corrected chi connectivity index (χ0v) is 18.9. The summed E-state index contributed by atoms with van der Waals surface area (Å²) in [5, 5.41) is 10.7. The highest BCUT2D eigenvalue weighted by Crippen LogP contribution is 2.43. The largest absolute Gasteiger partial charge is 0.482 e. The maximum Gasteiger partial charge on any atom is 0.332 e. The molecule has 1 N–H and O–H groups in total. The SMILES string of the molecule is Cn1ccn(-c2ccc(Cl)c(O[C@H]3c4cc(Cl)cc(F)c4C[C@H]3N3CC[C@@H](O)C3)c2)c1=O. The Morgan fingerprint density at radius 3 is 2.69 bits per heavy atom. The molecule has 6 nitrogen and oxygen atoms in total. The van der Waals surface area contributed by atoms with E-state index in [0.29, 0.717) is 58.5 Å². The summed E-state index contributed by atoms with van der Waals surface area (Å²) in [7, 11) is 1.68. The molecular weight excluding hydrogens is 456 g/mol. The van der Waals surface area contributed by atoms with Crippen molar-refractivity contribution in [2.75, 3.05) is 13.1 Å². The van der Waals surface area contributed by atoms with Crippen LogP contribution in [0.1, 0.15) is 23.7 Å². The Morgan fingerprint density at radius 1 is 1.19 bits per heavy atom. The maximum absolute atomic E-state index is 14.7. The van der Waals surface area contributed by atoms with Gasteiger partial charge in [0.1, 0.15) is 17.7 Å². The molecule has 1 aliphatic heterocycles. The first kappa shape index (κ1) is 21.5. The second kappa shape index (κ2) is 8.23. The minimum Gasteiger partial charge on any atom is -0.482 e. The first-order valence-electron chi connectivity index (χ1n) is 10.4. The van der Waals surface area contributed by atoms with Gasteiger partial charge in [-0.25, -0.2) is 9.18 Å². The van der Waals surface area contributed by atoms with Crippen molar-refractivity contribution in [3.8, 4) is 11.4 Å². The lowest BCUT2D eigenvalue weighted by atomic mass is 10.1. The Labute approximate surface area is 194 Å². The number of halogens is 3. The van der Waals surface area contributed by atoms with Crippen LogP contribution in [0.2, 0.25) is 10.0 Å². The van der Waals surface area contributed by atoms with E-state index in [1.165, 1.54) is 15.2 Å². The lowest BCUT2D eigenvalue weighted by molar-refractivity contribution is 0.0818. The van der Waals surface area contributed by atoms with Crippen LogP contribution in [0.15, 0.2) is 47.5 Å². The molecule has 1 saturated heterocycles. The highest BCUT2D eigenvalue weighted by Gasteiger charge is 2.42. The average Bonchev–Trinajstić information content (AvgIpc) is 3.42. The van der Waals surface area contributed by atoms with Gasteiger partial charge < -0.3 is 14.4 Å². The van der Waals surface area contributed by atoms with Gasteiger partial charge in [0.25, 0.3) is 0 Å². The van der Waals surface area contributed by atoms with Crippen LogP contribution < -0.4 is 10.4 Å². The monoisotopic (exact) mass is 477 g/mol. The third-order valence-electron chi connectivity index (χ3n) is 6.32. The third kappa shape index (κ3) is 3.73. The molecule has 2 aromatic carbocycles. The number of ether oxygens (including phenoxy) is 1. The molecule has 0 unspecified atom stereocenters. The number of aryl methyl sites for hydroxylation is 1. The summed E-state index contributed by atoms with van der Waals surface area (Å²) in [5.41, 5.74) is 1.66. The number of aromatic nitrogens is 2. The van der Waals surface area contributed by atoms with Crippen molar-refractivity contribution in [2.24, 2.45) is 7.05 Å². The fourth-order valence-corrected chi connectivity index (χ4v) is 5.05. The number of hydrogen-bond acceptors (Lipinski definition) is 4. The summed E-state index contributed by atoms with van der Waals surface area (Å²) in [5.74, 6) is 0.0296. The van der Waals surface area contributed by atoms with E-state index in [0.717, 1.165) is 0 Å². The first-order chi connectivity index (χ1) is 15.3. The quantitative estimate of drug-likeness (QED) is 0.621. The molecule has 1 fully saturated rings. The molecule has 0 amide bonds. The smallest absolute Gasteiger partial charge is 0.332 e. The van der Waals surface area contributed by atoms with Crippen molar-refractivity contribution in [3.05, 3.63) is 80.2 Å². The van der Waals surface area contributed by atoms with Gasteiger partial charge in [0.2, 0.25) is 0 Å². The number of imidazole rings is 1. The van der Waals surface area contributed by atoms with Crippen LogP contribution >= 0.6 is 23.2 Å². The third-order valence-corrected chi connectivity index (χ3v) is 6.85. The van der Waals surface area contributed by atoms with E-state index in [4.69, 9.17) is 27.9 Å². The molecule has 9 heteroatoms. The van der Waals surface area contributed by atoms with Gasteiger partial charge in [-0.3, -0.25) is 9.47 Å². The molecular formula is C23H22Cl2FN3O3. The van der Waals surface area contributed by atoms with Crippen LogP contribution in [0.4, 0.5) is 4.39 Å². The van der Waals surface area contributed by atoms with E-state index in [9.17, 15) is 14.3 Å². The van der Waals surface area contributed by atoms with Crippen LogP contribution in [-0.2, 0) is 13.5 Å². The standard InChI is InChI=1S/C23H22Cl2FN3O3/c1-27-6-7-29(23(27)31)14-2-3-18(25)21(10-14)32-22-17-8-13(24)9-19(26)16(17)11-20(22)28-5-4-15(30)12-28/h2-3,6-10,15,20,22,30H,4-5,11-12H2,1H3/t15-,20-,22+/m1/s1. The van der Waals surface area contributed by atoms with Gasteiger partial charge in [-0.1, -0.05) is 23.2 Å². The molecule has 0 bridgehead atoms. The summed E-state index contributed by atoms with van der Waals surface area (Å²) in [6.45, 7) is 1.20. The van der Waals surface area contributed by atoms with Gasteiger partial charge in [0.15, 0.2) is 0 Å².